The molecule has 0 spiro atoms. The normalized spacial score (nSPS) is 12.0. The molecular weight excluding hydrogens is 561 g/mol. The molecule has 3 rings (SSSR count). The van der Waals surface area contributed by atoms with Crippen molar-refractivity contribution < 1.29 is 31.9 Å². The molecule has 3 aromatic carbocycles. The molecule has 11 heteroatoms. The summed E-state index contributed by atoms with van der Waals surface area (Å²) in [6.45, 7) is 7.28. The first-order valence-corrected chi connectivity index (χ1v) is 14.9. The zero-order valence-corrected chi connectivity index (χ0v) is 25.6. The van der Waals surface area contributed by atoms with Gasteiger partial charge in [-0.1, -0.05) is 38.1 Å². The van der Waals surface area contributed by atoms with E-state index in [9.17, 15) is 22.4 Å². The minimum Gasteiger partial charge on any atom is -0.493 e. The number of hydrogen-bond donors (Lipinski definition) is 1. The van der Waals surface area contributed by atoms with Gasteiger partial charge in [0, 0.05) is 19.2 Å². The number of halogens is 1. The Balaban J connectivity index is 2.06. The summed E-state index contributed by atoms with van der Waals surface area (Å²) in [7, 11) is -1.57. The number of rotatable bonds is 13. The number of carbonyl (C=O) groups excluding carboxylic acids is 2. The summed E-state index contributed by atoms with van der Waals surface area (Å²) in [6.07, 6.45) is 0. The number of nitrogens with one attached hydrogen (secondary N) is 1. The third-order valence-electron chi connectivity index (χ3n) is 6.79. The van der Waals surface area contributed by atoms with Crippen molar-refractivity contribution in [3.63, 3.8) is 0 Å². The largest absolute Gasteiger partial charge is 0.493 e. The Morgan fingerprint density at radius 1 is 0.929 bits per heavy atom. The maximum atomic E-state index is 14.0. The molecular formula is C31H38FN3O6S. The number of hydrogen-bond acceptors (Lipinski definition) is 6. The van der Waals surface area contributed by atoms with E-state index >= 15 is 0 Å². The lowest BCUT2D eigenvalue weighted by atomic mass is 10.1. The first kappa shape index (κ1) is 32.4. The van der Waals surface area contributed by atoms with Gasteiger partial charge in [-0.05, 0) is 67.3 Å². The van der Waals surface area contributed by atoms with Crippen LogP contribution < -0.4 is 19.1 Å². The maximum Gasteiger partial charge on any atom is 0.264 e. The van der Waals surface area contributed by atoms with Crippen LogP contribution in [0.25, 0.3) is 0 Å². The summed E-state index contributed by atoms with van der Waals surface area (Å²) >= 11 is 0. The summed E-state index contributed by atoms with van der Waals surface area (Å²) < 4.78 is 53.3. The molecule has 0 aliphatic heterocycles. The second-order valence-electron chi connectivity index (χ2n) is 10.3. The number of carbonyl (C=O) groups is 2. The van der Waals surface area contributed by atoms with Crippen LogP contribution in [0.1, 0.15) is 31.9 Å². The summed E-state index contributed by atoms with van der Waals surface area (Å²) in [5, 5.41) is 2.86. The molecule has 3 aromatic rings. The van der Waals surface area contributed by atoms with Crippen molar-refractivity contribution >= 4 is 27.5 Å². The van der Waals surface area contributed by atoms with E-state index in [1.807, 2.05) is 45.0 Å². The standard InChI is InChI=1S/C31H38FN3O6S/c1-21(2)18-33-31(37)23(4)34(19-24-10-8-7-9-22(24)3)30(36)20-35(26-13-11-25(32)12-14-26)42(38,39)27-15-16-28(40-5)29(17-27)41-6/h7-17,21,23H,18-20H2,1-6H3,(H,33,37). The van der Waals surface area contributed by atoms with Crippen molar-refractivity contribution in [1.82, 2.24) is 10.2 Å². The number of amides is 2. The van der Waals surface area contributed by atoms with Crippen molar-refractivity contribution in [3.8, 4) is 11.5 Å². The third kappa shape index (κ3) is 7.79. The van der Waals surface area contributed by atoms with Crippen LogP contribution in [-0.4, -0.2) is 58.5 Å². The lowest BCUT2D eigenvalue weighted by Gasteiger charge is -2.32. The zero-order chi connectivity index (χ0) is 31.0. The lowest BCUT2D eigenvalue weighted by Crippen LogP contribution is -2.51. The van der Waals surface area contributed by atoms with E-state index < -0.39 is 34.3 Å². The highest BCUT2D eigenvalue weighted by Gasteiger charge is 2.33. The Morgan fingerprint density at radius 2 is 1.57 bits per heavy atom. The molecule has 0 aliphatic carbocycles. The Morgan fingerprint density at radius 3 is 2.17 bits per heavy atom. The number of anilines is 1. The predicted octanol–water partition coefficient (Wildman–Crippen LogP) is 4.54. The molecule has 1 atom stereocenters. The second kappa shape index (κ2) is 14.2. The smallest absolute Gasteiger partial charge is 0.264 e. The monoisotopic (exact) mass is 599 g/mol. The minimum absolute atomic E-state index is 0.0762. The highest BCUT2D eigenvalue weighted by Crippen LogP contribution is 2.32. The average Bonchev–Trinajstić information content (AvgIpc) is 2.97. The molecule has 0 aromatic heterocycles. The van der Waals surface area contributed by atoms with E-state index in [-0.39, 0.29) is 34.7 Å². The van der Waals surface area contributed by atoms with Crippen LogP contribution in [0.2, 0.25) is 0 Å². The van der Waals surface area contributed by atoms with Gasteiger partial charge in [-0.25, -0.2) is 12.8 Å². The molecule has 1 N–H and O–H groups in total. The second-order valence-corrected chi connectivity index (χ2v) is 12.1. The number of aryl methyl sites for hydroxylation is 1. The summed E-state index contributed by atoms with van der Waals surface area (Å²) in [4.78, 5) is 28.3. The summed E-state index contributed by atoms with van der Waals surface area (Å²) in [5.74, 6) is -0.833. The number of nitrogens with zero attached hydrogens (tertiary/aromatic N) is 2. The Bertz CT molecular complexity index is 1490. The van der Waals surface area contributed by atoms with Gasteiger partial charge in [0.15, 0.2) is 11.5 Å². The van der Waals surface area contributed by atoms with Crippen LogP contribution in [0.3, 0.4) is 0 Å². The van der Waals surface area contributed by atoms with Crippen LogP contribution in [0.5, 0.6) is 11.5 Å². The molecule has 9 nitrogen and oxygen atoms in total. The Hall–Kier alpha value is -4.12. The molecule has 0 radical (unpaired) electrons. The van der Waals surface area contributed by atoms with Crippen LogP contribution in [0.4, 0.5) is 10.1 Å². The number of ether oxygens (including phenoxy) is 2. The van der Waals surface area contributed by atoms with Crippen molar-refractivity contribution in [2.24, 2.45) is 5.92 Å². The molecule has 0 aliphatic rings. The van der Waals surface area contributed by atoms with Gasteiger partial charge in [0.1, 0.15) is 18.4 Å². The third-order valence-corrected chi connectivity index (χ3v) is 8.56. The van der Waals surface area contributed by atoms with Gasteiger partial charge < -0.3 is 19.7 Å². The van der Waals surface area contributed by atoms with Crippen LogP contribution in [0.15, 0.2) is 71.6 Å². The zero-order valence-electron chi connectivity index (χ0n) is 24.8. The Labute approximate surface area is 247 Å². The molecule has 0 saturated heterocycles. The van der Waals surface area contributed by atoms with E-state index in [0.717, 1.165) is 27.6 Å². The minimum atomic E-state index is -4.37. The molecule has 0 fully saturated rings. The predicted molar refractivity (Wildman–Crippen MR) is 160 cm³/mol. The van der Waals surface area contributed by atoms with Gasteiger partial charge in [0.05, 0.1) is 24.8 Å². The van der Waals surface area contributed by atoms with Crippen molar-refractivity contribution in [1.29, 1.82) is 0 Å². The van der Waals surface area contributed by atoms with Crippen molar-refractivity contribution in [2.75, 3.05) is 31.6 Å². The van der Waals surface area contributed by atoms with Crippen molar-refractivity contribution in [2.45, 2.75) is 45.2 Å². The Kier molecular flexibility index (Phi) is 10.9. The fourth-order valence-corrected chi connectivity index (χ4v) is 5.68. The summed E-state index contributed by atoms with van der Waals surface area (Å²) in [6, 6.07) is 15.4. The summed E-state index contributed by atoms with van der Waals surface area (Å²) in [5.41, 5.74) is 1.80. The van der Waals surface area contributed by atoms with Gasteiger partial charge in [0.2, 0.25) is 11.8 Å². The topological polar surface area (TPSA) is 105 Å². The van der Waals surface area contributed by atoms with Crippen LogP contribution in [0, 0.1) is 18.7 Å². The first-order valence-electron chi connectivity index (χ1n) is 13.5. The first-order chi connectivity index (χ1) is 19.9. The lowest BCUT2D eigenvalue weighted by molar-refractivity contribution is -0.139. The highest BCUT2D eigenvalue weighted by atomic mass is 32.2. The number of sulfonamides is 1. The highest BCUT2D eigenvalue weighted by molar-refractivity contribution is 7.92. The molecule has 226 valence electrons. The van der Waals surface area contributed by atoms with E-state index in [4.69, 9.17) is 9.47 Å². The molecule has 0 heterocycles. The maximum absolute atomic E-state index is 14.0. The van der Waals surface area contributed by atoms with Gasteiger partial charge in [-0.2, -0.15) is 0 Å². The average molecular weight is 600 g/mol. The van der Waals surface area contributed by atoms with E-state index in [2.05, 4.69) is 5.32 Å². The van der Waals surface area contributed by atoms with E-state index in [1.54, 1.807) is 6.92 Å². The molecule has 0 saturated carbocycles. The molecule has 1 unspecified atom stereocenters. The fourth-order valence-electron chi connectivity index (χ4n) is 4.25. The molecule has 42 heavy (non-hydrogen) atoms. The molecule has 0 bridgehead atoms. The fraction of sp³-hybridized carbons (Fsp3) is 0.355. The van der Waals surface area contributed by atoms with E-state index in [1.165, 1.54) is 49.5 Å². The quantitative estimate of drug-likeness (QED) is 0.310. The van der Waals surface area contributed by atoms with Gasteiger partial charge in [-0.3, -0.25) is 13.9 Å². The van der Waals surface area contributed by atoms with Crippen LogP contribution in [-0.2, 0) is 26.2 Å². The van der Waals surface area contributed by atoms with Gasteiger partial charge >= 0.3 is 0 Å². The van der Waals surface area contributed by atoms with E-state index in [0.29, 0.717) is 12.3 Å². The SMILES string of the molecule is COc1ccc(S(=O)(=O)N(CC(=O)N(Cc2ccccc2C)C(C)C(=O)NCC(C)C)c2ccc(F)cc2)cc1OC. The van der Waals surface area contributed by atoms with Gasteiger partial charge in [0.25, 0.3) is 10.0 Å². The number of methoxy groups -OCH3 is 2. The van der Waals surface area contributed by atoms with Crippen molar-refractivity contribution in [3.05, 3.63) is 83.7 Å². The number of benzene rings is 3. The molecule has 2 amide bonds. The van der Waals surface area contributed by atoms with Gasteiger partial charge in [-0.15, -0.1) is 0 Å². The van der Waals surface area contributed by atoms with Crippen LogP contribution >= 0.6 is 0 Å².